The number of hydrogen-bond donors (Lipinski definition) is 2. The summed E-state index contributed by atoms with van der Waals surface area (Å²) < 4.78 is 0. The van der Waals surface area contributed by atoms with Crippen LogP contribution in [0.5, 0.6) is 0 Å². The van der Waals surface area contributed by atoms with Gasteiger partial charge in [0.1, 0.15) is 0 Å². The Morgan fingerprint density at radius 1 is 1.33 bits per heavy atom. The van der Waals surface area contributed by atoms with Crippen LogP contribution in [0.4, 0.5) is 11.5 Å². The highest BCUT2D eigenvalue weighted by atomic mass is 16.4. The van der Waals surface area contributed by atoms with Crippen molar-refractivity contribution in [3.8, 4) is 0 Å². The van der Waals surface area contributed by atoms with Crippen LogP contribution in [-0.4, -0.2) is 28.6 Å². The van der Waals surface area contributed by atoms with E-state index in [4.69, 9.17) is 10.8 Å². The Hall–Kier alpha value is -1.78. The molecular weight excluding hydrogens is 302 g/mol. The summed E-state index contributed by atoms with van der Waals surface area (Å²) >= 11 is 0. The minimum Gasteiger partial charge on any atom is -0.481 e. The monoisotopic (exact) mass is 333 g/mol. The van der Waals surface area contributed by atoms with Gasteiger partial charge in [0.05, 0.1) is 12.1 Å². The van der Waals surface area contributed by atoms with Crippen molar-refractivity contribution in [3.05, 3.63) is 17.8 Å². The van der Waals surface area contributed by atoms with E-state index in [1.54, 1.807) is 6.20 Å². The van der Waals surface area contributed by atoms with Crippen molar-refractivity contribution < 1.29 is 9.90 Å². The van der Waals surface area contributed by atoms with Crippen LogP contribution in [-0.2, 0) is 4.79 Å². The van der Waals surface area contributed by atoms with E-state index >= 15 is 0 Å². The molecule has 1 fully saturated rings. The molecule has 24 heavy (non-hydrogen) atoms. The number of carbonyl (C=O) groups is 1. The molecule has 0 aliphatic heterocycles. The average Bonchev–Trinajstić information content (AvgIpc) is 2.53. The largest absolute Gasteiger partial charge is 0.481 e. The fourth-order valence-corrected chi connectivity index (χ4v) is 3.58. The van der Waals surface area contributed by atoms with Crippen LogP contribution in [0.1, 0.15) is 70.8 Å². The maximum atomic E-state index is 10.9. The van der Waals surface area contributed by atoms with E-state index in [1.807, 2.05) is 13.0 Å². The third kappa shape index (κ3) is 4.86. The van der Waals surface area contributed by atoms with Gasteiger partial charge in [0.25, 0.3) is 0 Å². The van der Waals surface area contributed by atoms with Gasteiger partial charge in [-0.2, -0.15) is 0 Å². The van der Waals surface area contributed by atoms with Crippen LogP contribution in [0.25, 0.3) is 0 Å². The first-order valence-corrected chi connectivity index (χ1v) is 9.12. The third-order valence-electron chi connectivity index (χ3n) is 4.82. The van der Waals surface area contributed by atoms with E-state index in [1.165, 1.54) is 32.1 Å². The molecule has 3 N–H and O–H groups in total. The molecule has 1 atom stereocenters. The summed E-state index contributed by atoms with van der Waals surface area (Å²) in [6, 6.07) is 2.42. The first kappa shape index (κ1) is 18.6. The molecule has 0 spiro atoms. The number of pyridine rings is 1. The fraction of sp³-hybridized carbons (Fsp3) is 0.684. The number of rotatable bonds is 7. The second-order valence-electron chi connectivity index (χ2n) is 7.52. The SMILES string of the molecule is CC(C)CN(c1ncc(C(C)CC(=O)O)cc1N)C1CCCCC1. The van der Waals surface area contributed by atoms with Gasteiger partial charge in [0.15, 0.2) is 5.82 Å². The number of aliphatic carboxylic acids is 1. The highest BCUT2D eigenvalue weighted by Crippen LogP contribution is 2.32. The van der Waals surface area contributed by atoms with Crippen molar-refractivity contribution in [3.63, 3.8) is 0 Å². The molecular formula is C19H31N3O2. The smallest absolute Gasteiger partial charge is 0.303 e. The van der Waals surface area contributed by atoms with Crippen molar-refractivity contribution in [2.45, 2.75) is 71.3 Å². The first-order valence-electron chi connectivity index (χ1n) is 9.12. The van der Waals surface area contributed by atoms with Gasteiger partial charge in [-0.1, -0.05) is 40.0 Å². The Bertz CT molecular complexity index is 554. The maximum Gasteiger partial charge on any atom is 0.303 e. The number of carboxylic acids is 1. The molecule has 5 nitrogen and oxygen atoms in total. The lowest BCUT2D eigenvalue weighted by atomic mass is 9.93. The van der Waals surface area contributed by atoms with E-state index in [9.17, 15) is 4.79 Å². The molecule has 5 heteroatoms. The minimum atomic E-state index is -0.797. The topological polar surface area (TPSA) is 79.5 Å². The van der Waals surface area contributed by atoms with Crippen molar-refractivity contribution in [2.75, 3.05) is 17.2 Å². The van der Waals surface area contributed by atoms with Crippen molar-refractivity contribution >= 4 is 17.5 Å². The number of nitrogens with zero attached hydrogens (tertiary/aromatic N) is 2. The van der Waals surface area contributed by atoms with E-state index in [-0.39, 0.29) is 12.3 Å². The number of aromatic nitrogens is 1. The maximum absolute atomic E-state index is 10.9. The predicted octanol–water partition coefficient (Wildman–Crippen LogP) is 4.04. The molecule has 0 saturated heterocycles. The van der Waals surface area contributed by atoms with E-state index in [2.05, 4.69) is 23.7 Å². The van der Waals surface area contributed by atoms with Crippen LogP contribution in [0, 0.1) is 5.92 Å². The zero-order valence-electron chi connectivity index (χ0n) is 15.2. The summed E-state index contributed by atoms with van der Waals surface area (Å²) in [5, 5.41) is 8.97. The zero-order chi connectivity index (χ0) is 17.7. The summed E-state index contributed by atoms with van der Waals surface area (Å²) in [4.78, 5) is 17.9. The second-order valence-corrected chi connectivity index (χ2v) is 7.52. The average molecular weight is 333 g/mol. The van der Waals surface area contributed by atoms with Gasteiger partial charge >= 0.3 is 5.97 Å². The Kier molecular flexibility index (Phi) is 6.46. The zero-order valence-corrected chi connectivity index (χ0v) is 15.2. The van der Waals surface area contributed by atoms with Crippen LogP contribution in [0.3, 0.4) is 0 Å². The van der Waals surface area contributed by atoms with Gasteiger partial charge in [0.2, 0.25) is 0 Å². The lowest BCUT2D eigenvalue weighted by Crippen LogP contribution is -2.40. The molecule has 1 unspecified atom stereocenters. The quantitative estimate of drug-likeness (QED) is 0.787. The summed E-state index contributed by atoms with van der Waals surface area (Å²) in [5.41, 5.74) is 7.88. The van der Waals surface area contributed by atoms with Gasteiger partial charge in [-0.05, 0) is 36.3 Å². The van der Waals surface area contributed by atoms with E-state index in [0.717, 1.165) is 17.9 Å². The van der Waals surface area contributed by atoms with E-state index < -0.39 is 5.97 Å². The molecule has 1 aromatic rings. The van der Waals surface area contributed by atoms with Crippen LogP contribution < -0.4 is 10.6 Å². The molecule has 1 aliphatic carbocycles. The number of nitrogen functional groups attached to an aromatic ring is 1. The van der Waals surface area contributed by atoms with Crippen LogP contribution in [0.2, 0.25) is 0 Å². The van der Waals surface area contributed by atoms with Crippen molar-refractivity contribution in [1.29, 1.82) is 0 Å². The molecule has 1 aliphatic rings. The molecule has 1 heterocycles. The molecule has 0 amide bonds. The Labute approximate surface area is 145 Å². The Morgan fingerprint density at radius 3 is 2.54 bits per heavy atom. The number of hydrogen-bond acceptors (Lipinski definition) is 4. The van der Waals surface area contributed by atoms with Gasteiger partial charge in [0, 0.05) is 18.8 Å². The van der Waals surface area contributed by atoms with Gasteiger partial charge < -0.3 is 15.7 Å². The molecule has 2 rings (SSSR count). The van der Waals surface area contributed by atoms with Crippen LogP contribution in [0.15, 0.2) is 12.3 Å². The van der Waals surface area contributed by atoms with Gasteiger partial charge in [-0.15, -0.1) is 0 Å². The highest BCUT2D eigenvalue weighted by Gasteiger charge is 2.25. The molecule has 1 aromatic heterocycles. The lowest BCUT2D eigenvalue weighted by Gasteiger charge is -2.37. The summed E-state index contributed by atoms with van der Waals surface area (Å²) in [5.74, 6) is 0.522. The Balaban J connectivity index is 2.24. The summed E-state index contributed by atoms with van der Waals surface area (Å²) in [6.45, 7) is 7.29. The molecule has 1 saturated carbocycles. The van der Waals surface area contributed by atoms with Gasteiger partial charge in [-0.25, -0.2) is 4.98 Å². The number of anilines is 2. The minimum absolute atomic E-state index is 0.0837. The van der Waals surface area contributed by atoms with Crippen LogP contribution >= 0.6 is 0 Å². The number of carboxylic acid groups (broad SMARTS) is 1. The fourth-order valence-electron chi connectivity index (χ4n) is 3.58. The normalized spacial score (nSPS) is 17.0. The summed E-state index contributed by atoms with van der Waals surface area (Å²) in [6.07, 6.45) is 8.16. The lowest BCUT2D eigenvalue weighted by molar-refractivity contribution is -0.137. The molecule has 0 bridgehead atoms. The third-order valence-corrected chi connectivity index (χ3v) is 4.82. The highest BCUT2D eigenvalue weighted by molar-refractivity contribution is 5.69. The van der Waals surface area contributed by atoms with Gasteiger partial charge in [-0.3, -0.25) is 4.79 Å². The number of nitrogens with two attached hydrogens (primary N) is 1. The van der Waals surface area contributed by atoms with Crippen molar-refractivity contribution in [1.82, 2.24) is 4.98 Å². The first-order chi connectivity index (χ1) is 11.4. The Morgan fingerprint density at radius 2 is 2.00 bits per heavy atom. The predicted molar refractivity (Wildman–Crippen MR) is 98.4 cm³/mol. The summed E-state index contributed by atoms with van der Waals surface area (Å²) in [7, 11) is 0. The molecule has 0 aromatic carbocycles. The van der Waals surface area contributed by atoms with Crippen molar-refractivity contribution in [2.24, 2.45) is 5.92 Å². The second kappa shape index (κ2) is 8.36. The standard InChI is InChI=1S/C19H31N3O2/c1-13(2)12-22(16-7-5-4-6-8-16)19-17(20)10-15(11-21-19)14(3)9-18(23)24/h10-11,13-14,16H,4-9,12,20H2,1-3H3,(H,23,24). The molecule has 0 radical (unpaired) electrons. The van der Waals surface area contributed by atoms with E-state index in [0.29, 0.717) is 17.6 Å². The molecule has 134 valence electrons.